The third kappa shape index (κ3) is 3.48. The number of halogens is 1. The Balaban J connectivity index is 1.42. The van der Waals surface area contributed by atoms with Crippen LogP contribution in [0.25, 0.3) is 0 Å². The highest BCUT2D eigenvalue weighted by atomic mass is 19.1. The molecule has 3 saturated heterocycles. The summed E-state index contributed by atoms with van der Waals surface area (Å²) in [6, 6.07) is 4.76. The SMILES string of the molecule is CC(=O)NC[C@H]1CN(c2ccc(N3C[C@H]4CN(C=O)C[C@H]4C3)c(F)c2)C(=O)O1. The van der Waals surface area contributed by atoms with Gasteiger partial charge >= 0.3 is 6.09 Å². The molecule has 3 fully saturated rings. The lowest BCUT2D eigenvalue weighted by Crippen LogP contribution is -2.33. The molecule has 0 spiro atoms. The van der Waals surface area contributed by atoms with Gasteiger partial charge in [0.05, 0.1) is 24.5 Å². The van der Waals surface area contributed by atoms with Crippen LogP contribution < -0.4 is 15.1 Å². The average Bonchev–Trinajstić information content (AvgIpc) is 3.32. The number of ether oxygens (including phenoxy) is 1. The van der Waals surface area contributed by atoms with E-state index in [4.69, 9.17) is 4.74 Å². The Kier molecular flexibility index (Phi) is 4.82. The van der Waals surface area contributed by atoms with Crippen molar-refractivity contribution in [2.45, 2.75) is 13.0 Å². The summed E-state index contributed by atoms with van der Waals surface area (Å²) in [5.41, 5.74) is 0.946. The molecule has 0 aromatic heterocycles. The molecule has 4 rings (SSSR count). The second-order valence-corrected chi connectivity index (χ2v) is 7.67. The first-order chi connectivity index (χ1) is 13.4. The Morgan fingerprint density at radius 1 is 1.25 bits per heavy atom. The lowest BCUT2D eigenvalue weighted by atomic mass is 10.0. The minimum Gasteiger partial charge on any atom is -0.442 e. The van der Waals surface area contributed by atoms with Gasteiger partial charge in [-0.25, -0.2) is 9.18 Å². The van der Waals surface area contributed by atoms with Crippen LogP contribution in [-0.4, -0.2) is 68.7 Å². The number of rotatable bonds is 5. The minimum atomic E-state index is -0.549. The lowest BCUT2D eigenvalue weighted by molar-refractivity contribution is -0.119. The zero-order chi connectivity index (χ0) is 19.8. The number of nitrogens with one attached hydrogen (secondary N) is 1. The van der Waals surface area contributed by atoms with E-state index in [9.17, 15) is 18.8 Å². The number of nitrogens with zero attached hydrogens (tertiary/aromatic N) is 3. The third-order valence-electron chi connectivity index (χ3n) is 5.70. The zero-order valence-electron chi connectivity index (χ0n) is 15.6. The Morgan fingerprint density at radius 3 is 2.57 bits per heavy atom. The van der Waals surface area contributed by atoms with Crippen molar-refractivity contribution in [1.82, 2.24) is 10.2 Å². The molecule has 0 unspecified atom stereocenters. The van der Waals surface area contributed by atoms with Crippen LogP contribution in [0.3, 0.4) is 0 Å². The summed E-state index contributed by atoms with van der Waals surface area (Å²) in [6.07, 6.45) is -0.128. The van der Waals surface area contributed by atoms with Crippen LogP contribution in [0, 0.1) is 17.7 Å². The van der Waals surface area contributed by atoms with Crippen molar-refractivity contribution in [2.24, 2.45) is 11.8 Å². The first-order valence-electron chi connectivity index (χ1n) is 9.41. The standard InChI is InChI=1S/C19H23FN4O4/c1-12(26)21-5-16-10-24(19(27)28-16)15-2-3-18(17(20)4-15)23-8-13-6-22(11-25)7-14(13)9-23/h2-4,11,13-14,16H,5-10H2,1H3,(H,21,26)/t13-,14+,16-/m0/s1. The topological polar surface area (TPSA) is 82.2 Å². The van der Waals surface area contributed by atoms with E-state index in [2.05, 4.69) is 5.32 Å². The van der Waals surface area contributed by atoms with E-state index in [-0.39, 0.29) is 24.8 Å². The molecule has 0 radical (unpaired) electrons. The van der Waals surface area contributed by atoms with Gasteiger partial charge in [0.25, 0.3) is 0 Å². The van der Waals surface area contributed by atoms with Gasteiger partial charge in [-0.3, -0.25) is 14.5 Å². The highest BCUT2D eigenvalue weighted by Crippen LogP contribution is 2.36. The molecule has 1 aromatic carbocycles. The summed E-state index contributed by atoms with van der Waals surface area (Å²) in [6.45, 7) is 4.76. The van der Waals surface area contributed by atoms with Gasteiger partial charge < -0.3 is 19.9 Å². The second kappa shape index (κ2) is 7.29. The van der Waals surface area contributed by atoms with Crippen LogP contribution in [0.15, 0.2) is 18.2 Å². The largest absolute Gasteiger partial charge is 0.442 e. The normalized spacial score (nSPS) is 26.4. The maximum absolute atomic E-state index is 14.8. The van der Waals surface area contributed by atoms with Crippen molar-refractivity contribution in [3.8, 4) is 0 Å². The maximum atomic E-state index is 14.8. The lowest BCUT2D eigenvalue weighted by Gasteiger charge is -2.23. The van der Waals surface area contributed by atoms with Crippen molar-refractivity contribution in [1.29, 1.82) is 0 Å². The fourth-order valence-electron chi connectivity index (χ4n) is 4.33. The van der Waals surface area contributed by atoms with Crippen molar-refractivity contribution in [3.63, 3.8) is 0 Å². The number of anilines is 2. The van der Waals surface area contributed by atoms with E-state index in [0.29, 0.717) is 23.2 Å². The first kappa shape index (κ1) is 18.5. The van der Waals surface area contributed by atoms with Crippen molar-refractivity contribution < 1.29 is 23.5 Å². The van der Waals surface area contributed by atoms with Crippen LogP contribution in [-0.2, 0) is 14.3 Å². The molecule has 1 aromatic rings. The molecule has 8 nitrogen and oxygen atoms in total. The summed E-state index contributed by atoms with van der Waals surface area (Å²) in [4.78, 5) is 39.2. The van der Waals surface area contributed by atoms with Gasteiger partial charge in [0.2, 0.25) is 12.3 Å². The van der Waals surface area contributed by atoms with Gasteiger partial charge in [0.1, 0.15) is 11.9 Å². The molecule has 3 atom stereocenters. The van der Waals surface area contributed by atoms with E-state index < -0.39 is 12.2 Å². The molecular formula is C19H23FN4O4. The summed E-state index contributed by atoms with van der Waals surface area (Å²) in [5.74, 6) is 0.152. The molecule has 0 aliphatic carbocycles. The maximum Gasteiger partial charge on any atom is 0.414 e. The second-order valence-electron chi connectivity index (χ2n) is 7.67. The molecular weight excluding hydrogens is 367 g/mol. The Bertz CT molecular complexity index is 790. The van der Waals surface area contributed by atoms with Gasteiger partial charge in [0.15, 0.2) is 0 Å². The summed E-state index contributed by atoms with van der Waals surface area (Å²) >= 11 is 0. The average molecular weight is 390 g/mol. The number of cyclic esters (lactones) is 1. The zero-order valence-corrected chi connectivity index (χ0v) is 15.6. The Morgan fingerprint density at radius 2 is 1.96 bits per heavy atom. The molecule has 3 amide bonds. The van der Waals surface area contributed by atoms with Gasteiger partial charge in [-0.15, -0.1) is 0 Å². The number of hydrogen-bond donors (Lipinski definition) is 1. The van der Waals surface area contributed by atoms with Crippen molar-refractivity contribution >= 4 is 29.8 Å². The number of carbonyl (C=O) groups excluding carboxylic acids is 3. The van der Waals surface area contributed by atoms with Crippen LogP contribution in [0.5, 0.6) is 0 Å². The number of amides is 3. The van der Waals surface area contributed by atoms with E-state index in [0.717, 1.165) is 32.6 Å². The molecule has 3 heterocycles. The fourth-order valence-corrected chi connectivity index (χ4v) is 4.33. The first-order valence-corrected chi connectivity index (χ1v) is 9.41. The smallest absolute Gasteiger partial charge is 0.414 e. The van der Waals surface area contributed by atoms with Crippen molar-refractivity contribution in [2.75, 3.05) is 49.1 Å². The summed E-state index contributed by atoms with van der Waals surface area (Å²) < 4.78 is 20.0. The number of carbonyl (C=O) groups is 3. The van der Waals surface area contributed by atoms with Gasteiger partial charge in [-0.2, -0.15) is 0 Å². The van der Waals surface area contributed by atoms with E-state index in [1.165, 1.54) is 17.9 Å². The molecule has 3 aliphatic rings. The van der Waals surface area contributed by atoms with Crippen molar-refractivity contribution in [3.05, 3.63) is 24.0 Å². The summed E-state index contributed by atoms with van der Waals surface area (Å²) in [7, 11) is 0. The summed E-state index contributed by atoms with van der Waals surface area (Å²) in [5, 5.41) is 2.62. The Labute approximate surface area is 162 Å². The molecule has 9 heteroatoms. The van der Waals surface area contributed by atoms with Crippen LogP contribution >= 0.6 is 0 Å². The number of likely N-dealkylation sites (tertiary alicyclic amines) is 1. The fraction of sp³-hybridized carbons (Fsp3) is 0.526. The van der Waals surface area contributed by atoms with E-state index in [1.54, 1.807) is 17.0 Å². The molecule has 0 saturated carbocycles. The minimum absolute atomic E-state index is 0.198. The van der Waals surface area contributed by atoms with E-state index >= 15 is 0 Å². The van der Waals surface area contributed by atoms with Gasteiger partial charge in [0, 0.05) is 44.9 Å². The number of hydrogen-bond acceptors (Lipinski definition) is 5. The Hall–Kier alpha value is -2.84. The predicted octanol–water partition coefficient (Wildman–Crippen LogP) is 0.811. The van der Waals surface area contributed by atoms with Gasteiger partial charge in [-0.05, 0) is 18.2 Å². The van der Waals surface area contributed by atoms with E-state index in [1.807, 2.05) is 4.90 Å². The highest BCUT2D eigenvalue weighted by Gasteiger charge is 2.40. The number of benzene rings is 1. The molecule has 150 valence electrons. The molecule has 28 heavy (non-hydrogen) atoms. The number of fused-ring (bicyclic) bond motifs is 1. The van der Waals surface area contributed by atoms with Crippen LogP contribution in [0.2, 0.25) is 0 Å². The monoisotopic (exact) mass is 390 g/mol. The molecule has 0 bridgehead atoms. The van der Waals surface area contributed by atoms with Crippen LogP contribution in [0.4, 0.5) is 20.6 Å². The van der Waals surface area contributed by atoms with Crippen LogP contribution in [0.1, 0.15) is 6.92 Å². The molecule has 1 N–H and O–H groups in total. The predicted molar refractivity (Wildman–Crippen MR) is 99.5 cm³/mol. The molecule has 3 aliphatic heterocycles. The van der Waals surface area contributed by atoms with Gasteiger partial charge in [-0.1, -0.05) is 0 Å². The third-order valence-corrected chi connectivity index (χ3v) is 5.70. The highest BCUT2D eigenvalue weighted by molar-refractivity contribution is 5.90. The quantitative estimate of drug-likeness (QED) is 0.753.